The Kier molecular flexibility index (Phi) is 4.26. The Balaban J connectivity index is 2.26. The minimum atomic E-state index is 0.400. The van der Waals surface area contributed by atoms with E-state index >= 15 is 0 Å². The molecule has 1 fully saturated rings. The summed E-state index contributed by atoms with van der Waals surface area (Å²) in [7, 11) is 1.79. The second-order valence-corrected chi connectivity index (χ2v) is 4.33. The van der Waals surface area contributed by atoms with Crippen molar-refractivity contribution in [3.8, 4) is 0 Å². The summed E-state index contributed by atoms with van der Waals surface area (Å²) in [5.74, 6) is 0. The molecule has 1 N–H and O–H groups in total. The quantitative estimate of drug-likeness (QED) is 0.803. The number of hydrogen-bond donors (Lipinski definition) is 1. The van der Waals surface area contributed by atoms with E-state index in [0.29, 0.717) is 12.1 Å². The fraction of sp³-hybridized carbons (Fsp3) is 0.778. The minimum Gasteiger partial charge on any atom is -0.380 e. The van der Waals surface area contributed by atoms with Gasteiger partial charge in [-0.3, -0.25) is 0 Å². The van der Waals surface area contributed by atoms with Gasteiger partial charge in [-0.05, 0) is 19.3 Å². The second kappa shape index (κ2) is 5.00. The van der Waals surface area contributed by atoms with E-state index in [4.69, 9.17) is 4.74 Å². The molecule has 1 rings (SSSR count). The third kappa shape index (κ3) is 2.88. The van der Waals surface area contributed by atoms with Gasteiger partial charge < -0.3 is 10.1 Å². The fourth-order valence-electron chi connectivity index (χ4n) is 1.68. The Morgan fingerprint density at radius 3 is 3.00 bits per heavy atom. The first-order valence-electron chi connectivity index (χ1n) is 4.33. The van der Waals surface area contributed by atoms with E-state index < -0.39 is 0 Å². The van der Waals surface area contributed by atoms with Crippen LogP contribution in [0.5, 0.6) is 0 Å². The van der Waals surface area contributed by atoms with Crippen molar-refractivity contribution < 1.29 is 4.74 Å². The van der Waals surface area contributed by atoms with Crippen molar-refractivity contribution in [1.29, 1.82) is 0 Å². The fourth-order valence-corrected chi connectivity index (χ4v) is 1.85. The molecular formula is C9H16BrNO. The standard InChI is InChI=1S/C9H16BrNO/c1-7(10)6-11-8-4-3-5-9(8)12-2/h8-9,11H,1,3-6H2,2H3. The first kappa shape index (κ1) is 10.2. The SMILES string of the molecule is C=C(Br)CNC1CCCC1OC. The van der Waals surface area contributed by atoms with E-state index in [9.17, 15) is 0 Å². The van der Waals surface area contributed by atoms with Gasteiger partial charge in [0.2, 0.25) is 0 Å². The van der Waals surface area contributed by atoms with Crippen molar-refractivity contribution in [1.82, 2.24) is 5.32 Å². The van der Waals surface area contributed by atoms with Gasteiger partial charge in [-0.25, -0.2) is 0 Å². The van der Waals surface area contributed by atoms with Crippen molar-refractivity contribution >= 4 is 15.9 Å². The average molecular weight is 234 g/mol. The van der Waals surface area contributed by atoms with E-state index in [-0.39, 0.29) is 0 Å². The molecule has 1 aliphatic rings. The van der Waals surface area contributed by atoms with Gasteiger partial charge >= 0.3 is 0 Å². The highest BCUT2D eigenvalue weighted by Crippen LogP contribution is 2.21. The van der Waals surface area contributed by atoms with Gasteiger partial charge in [0.15, 0.2) is 0 Å². The Labute approximate surface area is 82.5 Å². The Morgan fingerprint density at radius 2 is 2.42 bits per heavy atom. The van der Waals surface area contributed by atoms with Crippen LogP contribution in [0.4, 0.5) is 0 Å². The molecule has 0 heterocycles. The summed E-state index contributed by atoms with van der Waals surface area (Å²) in [6, 6.07) is 0.518. The Bertz CT molecular complexity index is 161. The van der Waals surface area contributed by atoms with Crippen LogP contribution in [0, 0.1) is 0 Å². The summed E-state index contributed by atoms with van der Waals surface area (Å²) in [5.41, 5.74) is 0. The smallest absolute Gasteiger partial charge is 0.0724 e. The third-order valence-electron chi connectivity index (χ3n) is 2.31. The maximum Gasteiger partial charge on any atom is 0.0724 e. The maximum absolute atomic E-state index is 5.35. The van der Waals surface area contributed by atoms with E-state index in [1.54, 1.807) is 7.11 Å². The van der Waals surface area contributed by atoms with Crippen molar-refractivity contribution in [2.24, 2.45) is 0 Å². The summed E-state index contributed by atoms with van der Waals surface area (Å²) in [6.07, 6.45) is 4.07. The van der Waals surface area contributed by atoms with Crippen molar-refractivity contribution in [3.05, 3.63) is 11.1 Å². The van der Waals surface area contributed by atoms with Crippen LogP contribution < -0.4 is 5.32 Å². The molecule has 0 saturated heterocycles. The largest absolute Gasteiger partial charge is 0.380 e. The van der Waals surface area contributed by atoms with Gasteiger partial charge in [0.1, 0.15) is 0 Å². The lowest BCUT2D eigenvalue weighted by molar-refractivity contribution is 0.0863. The maximum atomic E-state index is 5.35. The molecule has 0 aliphatic heterocycles. The molecule has 1 aliphatic carbocycles. The van der Waals surface area contributed by atoms with Crippen LogP contribution in [-0.2, 0) is 4.74 Å². The number of rotatable bonds is 4. The Hall–Kier alpha value is 0.140. The molecule has 0 radical (unpaired) electrons. The topological polar surface area (TPSA) is 21.3 Å². The molecule has 2 atom stereocenters. The van der Waals surface area contributed by atoms with Gasteiger partial charge in [-0.1, -0.05) is 22.5 Å². The lowest BCUT2D eigenvalue weighted by Gasteiger charge is -2.19. The number of nitrogens with one attached hydrogen (secondary N) is 1. The highest BCUT2D eigenvalue weighted by atomic mass is 79.9. The third-order valence-corrected chi connectivity index (χ3v) is 2.59. The van der Waals surface area contributed by atoms with Crippen molar-refractivity contribution in [3.63, 3.8) is 0 Å². The zero-order chi connectivity index (χ0) is 8.97. The molecule has 2 unspecified atom stereocenters. The van der Waals surface area contributed by atoms with E-state index in [1.165, 1.54) is 19.3 Å². The summed E-state index contributed by atoms with van der Waals surface area (Å²) < 4.78 is 6.35. The predicted molar refractivity (Wildman–Crippen MR) is 54.5 cm³/mol. The number of ether oxygens (including phenoxy) is 1. The van der Waals surface area contributed by atoms with Crippen molar-refractivity contribution in [2.45, 2.75) is 31.4 Å². The number of hydrogen-bond acceptors (Lipinski definition) is 2. The lowest BCUT2D eigenvalue weighted by Crippen LogP contribution is -2.37. The molecule has 70 valence electrons. The zero-order valence-electron chi connectivity index (χ0n) is 7.48. The molecule has 0 aromatic carbocycles. The minimum absolute atomic E-state index is 0.400. The molecule has 0 amide bonds. The van der Waals surface area contributed by atoms with Crippen LogP contribution in [0.1, 0.15) is 19.3 Å². The van der Waals surface area contributed by atoms with Gasteiger partial charge in [-0.2, -0.15) is 0 Å². The molecule has 0 aromatic rings. The van der Waals surface area contributed by atoms with Crippen LogP contribution in [0.15, 0.2) is 11.1 Å². The lowest BCUT2D eigenvalue weighted by atomic mass is 10.2. The summed E-state index contributed by atoms with van der Waals surface area (Å²) in [6.45, 7) is 4.62. The molecule has 1 saturated carbocycles. The van der Waals surface area contributed by atoms with Gasteiger partial charge in [0.25, 0.3) is 0 Å². The van der Waals surface area contributed by atoms with Gasteiger partial charge in [0.05, 0.1) is 6.10 Å². The molecule has 0 aromatic heterocycles. The normalized spacial score (nSPS) is 29.2. The molecule has 2 nitrogen and oxygen atoms in total. The number of methoxy groups -OCH3 is 1. The zero-order valence-corrected chi connectivity index (χ0v) is 9.06. The van der Waals surface area contributed by atoms with E-state index in [2.05, 4.69) is 27.8 Å². The van der Waals surface area contributed by atoms with Crippen molar-refractivity contribution in [2.75, 3.05) is 13.7 Å². The van der Waals surface area contributed by atoms with Gasteiger partial charge in [-0.15, -0.1) is 0 Å². The average Bonchev–Trinajstić information content (AvgIpc) is 2.47. The monoisotopic (exact) mass is 233 g/mol. The van der Waals surface area contributed by atoms with Gasteiger partial charge in [0, 0.05) is 24.2 Å². The molecule has 0 bridgehead atoms. The van der Waals surface area contributed by atoms with Crippen LogP contribution >= 0.6 is 15.9 Å². The molecule has 12 heavy (non-hydrogen) atoms. The molecule has 3 heteroatoms. The predicted octanol–water partition coefficient (Wildman–Crippen LogP) is 2.05. The van der Waals surface area contributed by atoms with Crippen LogP contribution in [0.3, 0.4) is 0 Å². The van der Waals surface area contributed by atoms with E-state index in [1.807, 2.05) is 0 Å². The number of halogens is 1. The molecule has 0 spiro atoms. The first-order chi connectivity index (χ1) is 5.74. The highest BCUT2D eigenvalue weighted by molar-refractivity contribution is 9.11. The first-order valence-corrected chi connectivity index (χ1v) is 5.13. The van der Waals surface area contributed by atoms with E-state index in [0.717, 1.165) is 11.0 Å². The summed E-state index contributed by atoms with van der Waals surface area (Å²) in [5, 5.41) is 3.41. The molecular weight excluding hydrogens is 218 g/mol. The van der Waals surface area contributed by atoms with Crippen LogP contribution in [0.25, 0.3) is 0 Å². The Morgan fingerprint density at radius 1 is 1.67 bits per heavy atom. The summed E-state index contributed by atoms with van der Waals surface area (Å²) >= 11 is 3.33. The van der Waals surface area contributed by atoms with Crippen LogP contribution in [-0.4, -0.2) is 25.8 Å². The highest BCUT2D eigenvalue weighted by Gasteiger charge is 2.26. The van der Waals surface area contributed by atoms with Crippen LogP contribution in [0.2, 0.25) is 0 Å². The second-order valence-electron chi connectivity index (χ2n) is 3.21. The summed E-state index contributed by atoms with van der Waals surface area (Å²) in [4.78, 5) is 0.